The van der Waals surface area contributed by atoms with Gasteiger partial charge < -0.3 is 15.5 Å². The van der Waals surface area contributed by atoms with Gasteiger partial charge in [-0.25, -0.2) is 0 Å². The first-order chi connectivity index (χ1) is 9.88. The summed E-state index contributed by atoms with van der Waals surface area (Å²) in [4.78, 5) is 4.85. The van der Waals surface area contributed by atoms with Crippen LogP contribution in [0, 0.1) is 5.92 Å². The summed E-state index contributed by atoms with van der Waals surface area (Å²) in [6.45, 7) is 5.65. The molecule has 2 rings (SSSR count). The van der Waals surface area contributed by atoms with Gasteiger partial charge >= 0.3 is 0 Å². The highest BCUT2D eigenvalue weighted by molar-refractivity contribution is 9.10. The van der Waals surface area contributed by atoms with Crippen molar-refractivity contribution in [3.63, 3.8) is 0 Å². The fourth-order valence-electron chi connectivity index (χ4n) is 3.18. The lowest BCUT2D eigenvalue weighted by Gasteiger charge is -2.23. The number of likely N-dealkylation sites (N-methyl/N-ethyl adjacent to an activating group) is 1. The zero-order chi connectivity index (χ0) is 15.6. The van der Waals surface area contributed by atoms with Crippen LogP contribution < -0.4 is 5.73 Å². The largest absolute Gasteiger partial charge is 0.324 e. The predicted octanol–water partition coefficient (Wildman–Crippen LogP) is 3.37. The van der Waals surface area contributed by atoms with E-state index in [1.165, 1.54) is 0 Å². The highest BCUT2D eigenvalue weighted by Gasteiger charge is 2.30. The van der Waals surface area contributed by atoms with Gasteiger partial charge in [-0.05, 0) is 44.1 Å². The van der Waals surface area contributed by atoms with E-state index in [2.05, 4.69) is 46.7 Å². The molecule has 0 aromatic heterocycles. The smallest absolute Gasteiger partial charge is 0.0464 e. The quantitative estimate of drug-likeness (QED) is 0.857. The van der Waals surface area contributed by atoms with Crippen molar-refractivity contribution in [3.8, 4) is 0 Å². The fraction of sp³-hybridized carbons (Fsp3) is 0.625. The second kappa shape index (κ2) is 7.42. The van der Waals surface area contributed by atoms with Crippen molar-refractivity contribution in [3.05, 3.63) is 33.3 Å². The second-order valence-electron chi connectivity index (χ2n) is 6.33. The SMILES string of the molecule is CC1CN(CCC(N)c2ccc(Br)cc2Cl)CC1N(C)C. The minimum Gasteiger partial charge on any atom is -0.324 e. The summed E-state index contributed by atoms with van der Waals surface area (Å²) in [5.41, 5.74) is 7.35. The molecule has 3 nitrogen and oxygen atoms in total. The third-order valence-electron chi connectivity index (χ3n) is 4.43. The molecule has 21 heavy (non-hydrogen) atoms. The zero-order valence-electron chi connectivity index (χ0n) is 13.0. The van der Waals surface area contributed by atoms with E-state index >= 15 is 0 Å². The molecular formula is C16H25BrClN3. The lowest BCUT2D eigenvalue weighted by atomic mass is 10.0. The van der Waals surface area contributed by atoms with E-state index in [-0.39, 0.29) is 6.04 Å². The maximum absolute atomic E-state index is 6.32. The molecule has 0 bridgehead atoms. The van der Waals surface area contributed by atoms with E-state index in [9.17, 15) is 0 Å². The van der Waals surface area contributed by atoms with Crippen LogP contribution in [0.5, 0.6) is 0 Å². The van der Waals surface area contributed by atoms with Gasteiger partial charge in [0.2, 0.25) is 0 Å². The molecular weight excluding hydrogens is 350 g/mol. The van der Waals surface area contributed by atoms with E-state index in [4.69, 9.17) is 17.3 Å². The number of benzene rings is 1. The van der Waals surface area contributed by atoms with Crippen LogP contribution in [0.15, 0.2) is 22.7 Å². The summed E-state index contributed by atoms with van der Waals surface area (Å²) in [7, 11) is 4.33. The number of halogens is 2. The van der Waals surface area contributed by atoms with E-state index in [1.807, 2.05) is 18.2 Å². The van der Waals surface area contributed by atoms with Gasteiger partial charge in [-0.15, -0.1) is 0 Å². The van der Waals surface area contributed by atoms with Crippen LogP contribution in [0.25, 0.3) is 0 Å². The molecule has 1 aromatic carbocycles. The Hall–Kier alpha value is -0.130. The Bertz CT molecular complexity index is 481. The second-order valence-corrected chi connectivity index (χ2v) is 7.65. The molecule has 1 saturated heterocycles. The number of hydrogen-bond donors (Lipinski definition) is 1. The molecule has 0 aliphatic carbocycles. The number of nitrogens with two attached hydrogens (primary N) is 1. The molecule has 0 amide bonds. The standard InChI is InChI=1S/C16H25BrClN3/c1-11-9-21(10-16(11)20(2)3)7-6-15(19)13-5-4-12(17)8-14(13)18/h4-5,8,11,15-16H,6-7,9-10,19H2,1-3H3. The van der Waals surface area contributed by atoms with Crippen molar-refractivity contribution >= 4 is 27.5 Å². The van der Waals surface area contributed by atoms with Gasteiger partial charge in [0.25, 0.3) is 0 Å². The van der Waals surface area contributed by atoms with Crippen LogP contribution in [-0.2, 0) is 0 Å². The summed E-state index contributed by atoms with van der Waals surface area (Å²) in [6, 6.07) is 6.58. The normalized spacial score (nSPS) is 24.7. The molecule has 1 aliphatic rings. The van der Waals surface area contributed by atoms with Gasteiger partial charge in [-0.1, -0.05) is 40.5 Å². The van der Waals surface area contributed by atoms with E-state index < -0.39 is 0 Å². The van der Waals surface area contributed by atoms with E-state index in [1.54, 1.807) is 0 Å². The average Bonchev–Trinajstić information content (AvgIpc) is 2.77. The highest BCUT2D eigenvalue weighted by Crippen LogP contribution is 2.28. The molecule has 5 heteroatoms. The molecule has 1 aromatic rings. The maximum atomic E-state index is 6.32. The van der Waals surface area contributed by atoms with Gasteiger partial charge in [0.1, 0.15) is 0 Å². The van der Waals surface area contributed by atoms with Gasteiger partial charge in [0.05, 0.1) is 0 Å². The lowest BCUT2D eigenvalue weighted by Crippen LogP contribution is -2.34. The molecule has 0 saturated carbocycles. The summed E-state index contributed by atoms with van der Waals surface area (Å²) in [6.07, 6.45) is 0.939. The highest BCUT2D eigenvalue weighted by atomic mass is 79.9. The molecule has 1 fully saturated rings. The average molecular weight is 375 g/mol. The van der Waals surface area contributed by atoms with Crippen molar-refractivity contribution < 1.29 is 0 Å². The monoisotopic (exact) mass is 373 g/mol. The maximum Gasteiger partial charge on any atom is 0.0464 e. The predicted molar refractivity (Wildman–Crippen MR) is 93.8 cm³/mol. The fourth-order valence-corrected chi connectivity index (χ4v) is 4.00. The minimum atomic E-state index is -0.000637. The minimum absolute atomic E-state index is 0.000637. The van der Waals surface area contributed by atoms with Crippen molar-refractivity contribution in [2.24, 2.45) is 11.7 Å². The van der Waals surface area contributed by atoms with Crippen LogP contribution in [-0.4, -0.2) is 49.6 Å². The summed E-state index contributed by atoms with van der Waals surface area (Å²) >= 11 is 9.70. The first-order valence-electron chi connectivity index (χ1n) is 7.47. The van der Waals surface area contributed by atoms with Crippen molar-refractivity contribution in [2.45, 2.75) is 25.4 Å². The zero-order valence-corrected chi connectivity index (χ0v) is 15.4. The van der Waals surface area contributed by atoms with Gasteiger partial charge in [-0.2, -0.15) is 0 Å². The summed E-state index contributed by atoms with van der Waals surface area (Å²) in [5, 5.41) is 0.748. The Morgan fingerprint density at radius 2 is 2.14 bits per heavy atom. The molecule has 2 N–H and O–H groups in total. The lowest BCUT2D eigenvalue weighted by molar-refractivity contribution is 0.250. The third-order valence-corrected chi connectivity index (χ3v) is 5.25. The van der Waals surface area contributed by atoms with E-state index in [0.717, 1.165) is 41.1 Å². The number of nitrogens with zero attached hydrogens (tertiary/aromatic N) is 2. The Kier molecular flexibility index (Phi) is 6.09. The van der Waals surface area contributed by atoms with Crippen LogP contribution in [0.2, 0.25) is 5.02 Å². The molecule has 3 atom stereocenters. The Morgan fingerprint density at radius 1 is 1.43 bits per heavy atom. The van der Waals surface area contributed by atoms with Crippen molar-refractivity contribution in [1.82, 2.24) is 9.80 Å². The summed E-state index contributed by atoms with van der Waals surface area (Å²) in [5.74, 6) is 0.715. The van der Waals surface area contributed by atoms with Crippen LogP contribution in [0.1, 0.15) is 24.9 Å². The first-order valence-corrected chi connectivity index (χ1v) is 8.65. The van der Waals surface area contributed by atoms with Gasteiger partial charge in [-0.3, -0.25) is 0 Å². The van der Waals surface area contributed by atoms with Crippen LogP contribution in [0.4, 0.5) is 0 Å². The molecule has 0 spiro atoms. The van der Waals surface area contributed by atoms with Gasteiger partial charge in [0, 0.05) is 41.2 Å². The number of likely N-dealkylation sites (tertiary alicyclic amines) is 1. The van der Waals surface area contributed by atoms with Gasteiger partial charge in [0.15, 0.2) is 0 Å². The number of rotatable bonds is 5. The Labute approximate surface area is 141 Å². The molecule has 1 heterocycles. The molecule has 3 unspecified atom stereocenters. The van der Waals surface area contributed by atoms with Crippen LogP contribution in [0.3, 0.4) is 0 Å². The third kappa shape index (κ3) is 4.42. The Morgan fingerprint density at radius 3 is 2.71 bits per heavy atom. The first kappa shape index (κ1) is 17.2. The molecule has 1 aliphatic heterocycles. The molecule has 0 radical (unpaired) electrons. The van der Waals surface area contributed by atoms with Crippen LogP contribution >= 0.6 is 27.5 Å². The van der Waals surface area contributed by atoms with Crippen molar-refractivity contribution in [2.75, 3.05) is 33.7 Å². The Balaban J connectivity index is 1.88. The topological polar surface area (TPSA) is 32.5 Å². The summed E-state index contributed by atoms with van der Waals surface area (Å²) < 4.78 is 0.991. The van der Waals surface area contributed by atoms with Crippen molar-refractivity contribution in [1.29, 1.82) is 0 Å². The number of hydrogen-bond acceptors (Lipinski definition) is 3. The molecule has 118 valence electrons. The van der Waals surface area contributed by atoms with E-state index in [0.29, 0.717) is 12.0 Å².